The predicted octanol–water partition coefficient (Wildman–Crippen LogP) is 5.87. The Labute approximate surface area is 205 Å². The molecule has 1 N–H and O–H groups in total. The zero-order chi connectivity index (χ0) is 24.3. The Morgan fingerprint density at radius 3 is 2.33 bits per heavy atom. The summed E-state index contributed by atoms with van der Waals surface area (Å²) in [4.78, 5) is 7.44. The molecule has 1 aliphatic rings. The number of hydrogen-bond acceptors (Lipinski definition) is 5. The van der Waals surface area contributed by atoms with Crippen molar-refractivity contribution >= 4 is 50.0 Å². The van der Waals surface area contributed by atoms with Gasteiger partial charge in [-0.2, -0.15) is 13.5 Å². The van der Waals surface area contributed by atoms with Crippen LogP contribution in [0, 0.1) is 6.92 Å². The maximum Gasteiger partial charge on any atom is 0.261 e. The maximum absolute atomic E-state index is 9.19. The summed E-state index contributed by atoms with van der Waals surface area (Å²) in [5.74, 6) is 0. The lowest BCUT2D eigenvalue weighted by Crippen LogP contribution is -2.39. The minimum Gasteiger partial charge on any atom is -0.367 e. The van der Waals surface area contributed by atoms with Crippen molar-refractivity contribution in [2.24, 2.45) is 0 Å². The van der Waals surface area contributed by atoms with Gasteiger partial charge in [-0.15, -0.1) is 0 Å². The van der Waals surface area contributed by atoms with Crippen molar-refractivity contribution in [1.82, 2.24) is 14.8 Å². The number of rotatable bonds is 6. The van der Waals surface area contributed by atoms with Crippen molar-refractivity contribution in [2.75, 3.05) is 17.7 Å². The normalized spacial score (nSPS) is 13.4. The van der Waals surface area contributed by atoms with Crippen molar-refractivity contribution in [3.8, 4) is 5.69 Å². The Balaban J connectivity index is 0.000000555. The largest absolute Gasteiger partial charge is 0.367 e. The Bertz CT molecular complexity index is 1230. The zero-order valence-corrected chi connectivity index (χ0v) is 21.7. The van der Waals surface area contributed by atoms with Crippen molar-refractivity contribution in [3.05, 3.63) is 45.7 Å². The summed E-state index contributed by atoms with van der Waals surface area (Å²) >= 11 is 12.6. The summed E-state index contributed by atoms with van der Waals surface area (Å²) in [6, 6.07) is 8.30. The van der Waals surface area contributed by atoms with Gasteiger partial charge in [0.25, 0.3) is 10.1 Å². The Kier molecular flexibility index (Phi) is 8.26. The molecule has 1 aliphatic heterocycles. The van der Waals surface area contributed by atoms with Crippen molar-refractivity contribution in [1.29, 1.82) is 0 Å². The second kappa shape index (κ2) is 10.6. The summed E-state index contributed by atoms with van der Waals surface area (Å²) in [5, 5.41) is 7.28. The number of benzene rings is 1. The maximum atomic E-state index is 9.19. The van der Waals surface area contributed by atoms with Gasteiger partial charge in [0, 0.05) is 29.7 Å². The molecule has 0 unspecified atom stereocenters. The summed E-state index contributed by atoms with van der Waals surface area (Å²) in [6.07, 6.45) is 6.46. The number of pyridine rings is 1. The van der Waals surface area contributed by atoms with E-state index in [9.17, 15) is 8.42 Å². The van der Waals surface area contributed by atoms with Crippen LogP contribution in [0.4, 0.5) is 5.69 Å². The van der Waals surface area contributed by atoms with Crippen LogP contribution >= 0.6 is 23.2 Å². The van der Waals surface area contributed by atoms with E-state index in [-0.39, 0.29) is 0 Å². The third-order valence-electron chi connectivity index (χ3n) is 5.54. The minimum absolute atomic E-state index is 0.565. The van der Waals surface area contributed by atoms with E-state index >= 15 is 0 Å². The van der Waals surface area contributed by atoms with Crippen LogP contribution in [-0.4, -0.2) is 46.6 Å². The van der Waals surface area contributed by atoms with Crippen LogP contribution in [0.5, 0.6) is 0 Å². The Hall–Kier alpha value is -1.87. The number of aryl methyl sites for hydroxylation is 1. The molecule has 0 spiro atoms. The SMILES string of the molecule is CCCC(CCC)N1CCc2nn(-c3ccc(Cl)cc3Cl)c3nc(C)cc1c23.CS(=O)(=O)O. The highest BCUT2D eigenvalue weighted by Crippen LogP contribution is 2.38. The Morgan fingerprint density at radius 2 is 1.76 bits per heavy atom. The van der Waals surface area contributed by atoms with Crippen molar-refractivity contribution in [3.63, 3.8) is 0 Å². The molecule has 1 aromatic carbocycles. The molecule has 0 radical (unpaired) electrons. The molecule has 10 heteroatoms. The molecule has 2 aromatic heterocycles. The lowest BCUT2D eigenvalue weighted by molar-refractivity contribution is 0.490. The van der Waals surface area contributed by atoms with Gasteiger partial charge in [0.05, 0.1) is 33.7 Å². The van der Waals surface area contributed by atoms with Crippen LogP contribution in [0.1, 0.15) is 50.9 Å². The first-order valence-electron chi connectivity index (χ1n) is 11.1. The second-order valence-corrected chi connectivity index (χ2v) is 10.7. The van der Waals surface area contributed by atoms with E-state index in [0.717, 1.165) is 35.7 Å². The number of anilines is 1. The average Bonchev–Trinajstić information content (AvgIpc) is 3.06. The first-order chi connectivity index (χ1) is 15.5. The van der Waals surface area contributed by atoms with Gasteiger partial charge in [-0.05, 0) is 44.0 Å². The van der Waals surface area contributed by atoms with Crippen molar-refractivity contribution in [2.45, 2.75) is 58.9 Å². The van der Waals surface area contributed by atoms with Gasteiger partial charge in [0.1, 0.15) is 0 Å². The first kappa shape index (κ1) is 25.7. The summed E-state index contributed by atoms with van der Waals surface area (Å²) < 4.78 is 27.8. The molecular weight excluding hydrogens is 483 g/mol. The lowest BCUT2D eigenvalue weighted by Gasteiger charge is -2.36. The Morgan fingerprint density at radius 1 is 1.12 bits per heavy atom. The summed E-state index contributed by atoms with van der Waals surface area (Å²) in [7, 11) is -3.67. The van der Waals surface area contributed by atoms with E-state index in [4.69, 9.17) is 37.8 Å². The fraction of sp³-hybridized carbons (Fsp3) is 0.478. The molecule has 0 fully saturated rings. The molecule has 0 saturated heterocycles. The number of nitrogens with zero attached hydrogens (tertiary/aromatic N) is 4. The smallest absolute Gasteiger partial charge is 0.261 e. The number of halogens is 2. The van der Waals surface area contributed by atoms with Gasteiger partial charge in [-0.25, -0.2) is 9.67 Å². The molecule has 7 nitrogen and oxygen atoms in total. The third-order valence-corrected chi connectivity index (χ3v) is 6.08. The van der Waals surface area contributed by atoms with E-state index in [1.54, 1.807) is 6.07 Å². The molecule has 4 rings (SSSR count). The standard InChI is InChI=1S/C22H26Cl2N4.CH4O3S/c1-4-6-16(7-5-2)27-11-10-18-21-20(27)12-14(3)25-22(21)28(26-18)19-9-8-15(23)13-17(19)24;1-5(2,3)4/h8-9,12-13,16H,4-7,10-11H2,1-3H3;1H3,(H,2,3,4). The zero-order valence-electron chi connectivity index (χ0n) is 19.3. The molecule has 3 aromatic rings. The summed E-state index contributed by atoms with van der Waals surface area (Å²) in [6.45, 7) is 7.59. The lowest BCUT2D eigenvalue weighted by atomic mass is 9.99. The van der Waals surface area contributed by atoms with E-state index in [1.807, 2.05) is 16.8 Å². The molecular formula is C23H30Cl2N4O3S. The molecule has 33 heavy (non-hydrogen) atoms. The van der Waals surface area contributed by atoms with Crippen LogP contribution in [0.15, 0.2) is 24.3 Å². The predicted molar refractivity (Wildman–Crippen MR) is 136 cm³/mol. The molecule has 0 bridgehead atoms. The van der Waals surface area contributed by atoms with Gasteiger partial charge >= 0.3 is 0 Å². The molecule has 0 amide bonds. The van der Waals surface area contributed by atoms with Gasteiger partial charge < -0.3 is 4.90 Å². The quantitative estimate of drug-likeness (QED) is 0.415. The number of hydrogen-bond donors (Lipinski definition) is 1. The van der Waals surface area contributed by atoms with Gasteiger partial charge in [-0.1, -0.05) is 49.9 Å². The molecule has 3 heterocycles. The molecule has 180 valence electrons. The van der Waals surface area contributed by atoms with Gasteiger partial charge in [-0.3, -0.25) is 4.55 Å². The number of aromatic nitrogens is 3. The van der Waals surface area contributed by atoms with E-state index in [1.165, 1.54) is 36.8 Å². The minimum atomic E-state index is -3.67. The second-order valence-electron chi connectivity index (χ2n) is 8.34. The molecule has 0 atom stereocenters. The third kappa shape index (κ3) is 6.18. The highest BCUT2D eigenvalue weighted by Gasteiger charge is 2.29. The topological polar surface area (TPSA) is 88.3 Å². The molecule has 0 aliphatic carbocycles. The highest BCUT2D eigenvalue weighted by atomic mass is 35.5. The van der Waals surface area contributed by atoms with Crippen LogP contribution in [0.25, 0.3) is 16.7 Å². The van der Waals surface area contributed by atoms with Crippen LogP contribution in [-0.2, 0) is 16.5 Å². The highest BCUT2D eigenvalue weighted by molar-refractivity contribution is 7.85. The molecule has 0 saturated carbocycles. The van der Waals surface area contributed by atoms with Crippen LogP contribution in [0.2, 0.25) is 10.0 Å². The fourth-order valence-electron chi connectivity index (χ4n) is 4.36. The fourth-order valence-corrected chi connectivity index (χ4v) is 4.85. The van der Waals surface area contributed by atoms with E-state index in [0.29, 0.717) is 22.3 Å². The van der Waals surface area contributed by atoms with Crippen molar-refractivity contribution < 1.29 is 13.0 Å². The summed E-state index contributed by atoms with van der Waals surface area (Å²) in [5.41, 5.74) is 5.07. The van der Waals surface area contributed by atoms with Crippen LogP contribution in [0.3, 0.4) is 0 Å². The van der Waals surface area contributed by atoms with Gasteiger partial charge in [0.15, 0.2) is 5.65 Å². The van der Waals surface area contributed by atoms with E-state index < -0.39 is 10.1 Å². The van der Waals surface area contributed by atoms with E-state index in [2.05, 4.69) is 31.7 Å². The monoisotopic (exact) mass is 512 g/mol. The average molecular weight is 513 g/mol. The van der Waals surface area contributed by atoms with Crippen LogP contribution < -0.4 is 4.90 Å². The first-order valence-corrected chi connectivity index (χ1v) is 13.7. The van der Waals surface area contributed by atoms with Gasteiger partial charge in [0.2, 0.25) is 0 Å².